The van der Waals surface area contributed by atoms with Crippen molar-refractivity contribution in [1.82, 2.24) is 25.2 Å². The van der Waals surface area contributed by atoms with Gasteiger partial charge in [-0.25, -0.2) is 9.97 Å². The van der Waals surface area contributed by atoms with Crippen molar-refractivity contribution >= 4 is 22.8 Å². The molecule has 3 aromatic rings. The molecule has 1 amide bonds. The molecule has 1 aliphatic carbocycles. The van der Waals surface area contributed by atoms with Gasteiger partial charge in [0.2, 0.25) is 5.91 Å². The number of rotatable bonds is 6. The minimum atomic E-state index is -0.0711. The average Bonchev–Trinajstić information content (AvgIpc) is 3.45. The van der Waals surface area contributed by atoms with Crippen LogP contribution in [0.15, 0.2) is 36.8 Å². The normalized spacial score (nSPS) is 21.9. The van der Waals surface area contributed by atoms with Crippen LogP contribution in [0.25, 0.3) is 22.2 Å². The fourth-order valence-electron chi connectivity index (χ4n) is 4.91. The van der Waals surface area contributed by atoms with Crippen molar-refractivity contribution in [2.45, 2.75) is 38.3 Å². The number of ether oxygens (including phenoxy) is 1. The number of nitrogens with zero attached hydrogens (tertiary/aromatic N) is 4. The molecule has 6 rings (SSSR count). The van der Waals surface area contributed by atoms with Crippen molar-refractivity contribution < 1.29 is 9.53 Å². The molecule has 3 fully saturated rings. The van der Waals surface area contributed by atoms with Crippen LogP contribution < -0.4 is 20.3 Å². The summed E-state index contributed by atoms with van der Waals surface area (Å²) in [6.07, 6.45) is 6.70. The predicted molar refractivity (Wildman–Crippen MR) is 128 cm³/mol. The number of amides is 1. The van der Waals surface area contributed by atoms with Gasteiger partial charge in [-0.2, -0.15) is 0 Å². The Morgan fingerprint density at radius 2 is 1.97 bits per heavy atom. The van der Waals surface area contributed by atoms with Crippen molar-refractivity contribution in [3.05, 3.63) is 36.8 Å². The number of pyridine rings is 1. The summed E-state index contributed by atoms with van der Waals surface area (Å²) in [4.78, 5) is 23.5. The first-order valence-electron chi connectivity index (χ1n) is 12.0. The Hall–Kier alpha value is -3.13. The lowest BCUT2D eigenvalue weighted by Gasteiger charge is -2.28. The molecular weight excluding hydrogens is 416 g/mol. The first kappa shape index (κ1) is 20.5. The van der Waals surface area contributed by atoms with E-state index in [1.165, 1.54) is 12.8 Å². The first-order chi connectivity index (χ1) is 16.2. The molecule has 4 heterocycles. The lowest BCUT2D eigenvalue weighted by Crippen LogP contribution is -2.43. The van der Waals surface area contributed by atoms with E-state index in [4.69, 9.17) is 14.7 Å². The zero-order valence-electron chi connectivity index (χ0n) is 19.0. The highest BCUT2D eigenvalue weighted by Crippen LogP contribution is 2.41. The molecule has 1 aromatic carbocycles. The Balaban J connectivity index is 1.33. The molecule has 2 atom stereocenters. The zero-order valence-corrected chi connectivity index (χ0v) is 19.0. The number of fused-ring (bicyclic) bond motifs is 1. The second-order valence-corrected chi connectivity index (χ2v) is 9.46. The number of carbonyl (C=O) groups excluding carboxylic acids is 1. The van der Waals surface area contributed by atoms with Crippen molar-refractivity contribution in [3.8, 4) is 16.9 Å². The molecule has 8 nitrogen and oxygen atoms in total. The topological polar surface area (TPSA) is 84.3 Å². The van der Waals surface area contributed by atoms with Crippen LogP contribution in [0, 0.1) is 5.92 Å². The molecule has 2 aliphatic heterocycles. The lowest BCUT2D eigenvalue weighted by molar-refractivity contribution is -0.119. The molecule has 0 bridgehead atoms. The highest BCUT2D eigenvalue weighted by molar-refractivity contribution is 5.88. The van der Waals surface area contributed by atoms with Crippen LogP contribution in [0.1, 0.15) is 32.2 Å². The van der Waals surface area contributed by atoms with Gasteiger partial charge in [-0.15, -0.1) is 0 Å². The molecule has 2 aromatic heterocycles. The van der Waals surface area contributed by atoms with Gasteiger partial charge in [0.1, 0.15) is 23.2 Å². The summed E-state index contributed by atoms with van der Waals surface area (Å²) in [5, 5.41) is 6.31. The van der Waals surface area contributed by atoms with E-state index in [1.54, 1.807) is 0 Å². The summed E-state index contributed by atoms with van der Waals surface area (Å²) < 4.78 is 8.78. The minimum Gasteiger partial charge on any atom is -0.488 e. The van der Waals surface area contributed by atoms with Gasteiger partial charge in [0.15, 0.2) is 0 Å². The molecule has 33 heavy (non-hydrogen) atoms. The minimum absolute atomic E-state index is 0.0711. The van der Waals surface area contributed by atoms with Gasteiger partial charge >= 0.3 is 0 Å². The number of aromatic nitrogens is 3. The Labute approximate surface area is 193 Å². The number of imidazole rings is 1. The summed E-state index contributed by atoms with van der Waals surface area (Å²) in [5.74, 6) is 2.13. The zero-order chi connectivity index (χ0) is 22.4. The van der Waals surface area contributed by atoms with Gasteiger partial charge in [-0.1, -0.05) is 0 Å². The summed E-state index contributed by atoms with van der Waals surface area (Å²) in [6.45, 7) is 6.67. The maximum Gasteiger partial charge on any atom is 0.220 e. The molecule has 8 heteroatoms. The fraction of sp³-hybridized carbons (Fsp3) is 0.480. The molecule has 0 spiro atoms. The third kappa shape index (κ3) is 4.04. The van der Waals surface area contributed by atoms with Gasteiger partial charge in [0, 0.05) is 62.9 Å². The largest absolute Gasteiger partial charge is 0.488 e. The highest BCUT2D eigenvalue weighted by Gasteiger charge is 2.30. The third-order valence-corrected chi connectivity index (χ3v) is 7.08. The Morgan fingerprint density at radius 1 is 1.12 bits per heavy atom. The van der Waals surface area contributed by atoms with E-state index in [1.807, 2.05) is 12.5 Å². The molecule has 3 aliphatic rings. The Morgan fingerprint density at radius 3 is 2.67 bits per heavy atom. The van der Waals surface area contributed by atoms with Gasteiger partial charge in [0.25, 0.3) is 0 Å². The van der Waals surface area contributed by atoms with Crippen molar-refractivity contribution in [1.29, 1.82) is 0 Å². The van der Waals surface area contributed by atoms with Crippen LogP contribution in [0.3, 0.4) is 0 Å². The van der Waals surface area contributed by atoms with Gasteiger partial charge < -0.3 is 24.8 Å². The molecule has 0 radical (unpaired) electrons. The summed E-state index contributed by atoms with van der Waals surface area (Å²) >= 11 is 0. The van der Waals surface area contributed by atoms with E-state index in [0.29, 0.717) is 19.0 Å². The lowest BCUT2D eigenvalue weighted by atomic mass is 10.0. The van der Waals surface area contributed by atoms with Crippen LogP contribution >= 0.6 is 0 Å². The number of anilines is 1. The maximum absolute atomic E-state index is 11.7. The molecule has 172 valence electrons. The smallest absolute Gasteiger partial charge is 0.220 e. The van der Waals surface area contributed by atoms with Crippen LogP contribution in [0.2, 0.25) is 0 Å². The maximum atomic E-state index is 11.7. The summed E-state index contributed by atoms with van der Waals surface area (Å²) in [6, 6.07) is 9.00. The van der Waals surface area contributed by atoms with Crippen molar-refractivity contribution in [3.63, 3.8) is 0 Å². The summed E-state index contributed by atoms with van der Waals surface area (Å²) in [7, 11) is 0. The quantitative estimate of drug-likeness (QED) is 0.606. The van der Waals surface area contributed by atoms with Crippen molar-refractivity contribution in [2.24, 2.45) is 5.92 Å². The predicted octanol–water partition coefficient (Wildman–Crippen LogP) is 2.75. The molecule has 2 saturated heterocycles. The van der Waals surface area contributed by atoms with Crippen LogP contribution in [0.4, 0.5) is 5.82 Å². The molecular formula is C25H30N6O2. The van der Waals surface area contributed by atoms with E-state index in [-0.39, 0.29) is 17.9 Å². The fourth-order valence-corrected chi connectivity index (χ4v) is 4.91. The second-order valence-electron chi connectivity index (χ2n) is 9.46. The van der Waals surface area contributed by atoms with Gasteiger partial charge in [-0.3, -0.25) is 4.79 Å². The molecule has 2 N–H and O–H groups in total. The third-order valence-electron chi connectivity index (χ3n) is 7.08. The molecule has 1 saturated carbocycles. The second kappa shape index (κ2) is 8.33. The van der Waals surface area contributed by atoms with Crippen LogP contribution in [-0.2, 0) is 4.79 Å². The molecule has 0 unspecified atom stereocenters. The van der Waals surface area contributed by atoms with Crippen LogP contribution in [-0.4, -0.2) is 59.3 Å². The highest BCUT2D eigenvalue weighted by atomic mass is 16.5. The standard InChI is InChI=1S/C25H30N6O2/c1-16(19-12-24(32)28-14-19)33-22-11-18(10-21-25(22)31(15-29-21)20-3-4-20)17-2-5-23(27-13-17)30-8-6-26-7-9-30/h2,5,10-11,13,15-16,19-20,26H,3-4,6-9,12,14H2,1H3,(H,28,32)/t16-,19-/m1/s1. The van der Waals surface area contributed by atoms with E-state index in [0.717, 1.165) is 59.9 Å². The van der Waals surface area contributed by atoms with E-state index in [2.05, 4.69) is 51.3 Å². The first-order valence-corrected chi connectivity index (χ1v) is 12.0. The van der Waals surface area contributed by atoms with Crippen molar-refractivity contribution in [2.75, 3.05) is 37.6 Å². The summed E-state index contributed by atoms with van der Waals surface area (Å²) in [5.41, 5.74) is 4.09. The number of benzene rings is 1. The van der Waals surface area contributed by atoms with E-state index < -0.39 is 0 Å². The number of nitrogens with one attached hydrogen (secondary N) is 2. The SMILES string of the molecule is C[C@@H](Oc1cc(-c2ccc(N3CCNCC3)nc2)cc2ncn(C3CC3)c12)[C@H]1CNC(=O)C1. The Bertz CT molecular complexity index is 1160. The van der Waals surface area contributed by atoms with Crippen LogP contribution in [0.5, 0.6) is 5.75 Å². The number of hydrogen-bond acceptors (Lipinski definition) is 6. The van der Waals surface area contributed by atoms with Gasteiger partial charge in [-0.05, 0) is 49.6 Å². The number of piperazine rings is 1. The average molecular weight is 447 g/mol. The number of hydrogen-bond donors (Lipinski definition) is 2. The number of carbonyl (C=O) groups is 1. The van der Waals surface area contributed by atoms with E-state index in [9.17, 15) is 4.79 Å². The van der Waals surface area contributed by atoms with Gasteiger partial charge in [0.05, 0.1) is 11.8 Å². The monoisotopic (exact) mass is 446 g/mol. The Kier molecular flexibility index (Phi) is 5.17. The van der Waals surface area contributed by atoms with E-state index >= 15 is 0 Å².